The zero-order valence-corrected chi connectivity index (χ0v) is 21.6. The molecule has 2 aromatic carbocycles. The van der Waals surface area contributed by atoms with Crippen LogP contribution in [0.3, 0.4) is 0 Å². The molecule has 1 aliphatic carbocycles. The van der Waals surface area contributed by atoms with E-state index in [9.17, 15) is 9.90 Å². The van der Waals surface area contributed by atoms with Crippen LogP contribution < -0.4 is 10.2 Å². The predicted octanol–water partition coefficient (Wildman–Crippen LogP) is 3.54. The lowest BCUT2D eigenvalue weighted by molar-refractivity contribution is 0.0980. The number of hydrogen-bond acceptors (Lipinski definition) is 6. The number of hydrogen-bond donors (Lipinski definition) is 2. The number of allylic oxidation sites excluding steroid dienone is 2. The van der Waals surface area contributed by atoms with E-state index in [0.29, 0.717) is 12.5 Å². The standard InChI is InChI=1S/C30H30N6O2/c1-34-12-11-24(27-29(34)33-28(32-27)21-15-31-35(2)16-21)23-4-3-5-26(25(23)17-37)36-13-10-20-14-19(18-6-7-18)8-9-22(20)30(36)38/h3-5,8-9,11-12,14-16,18,29,37H,6-7,10,13,17H2,1-2H3,(H,32,33). The third-order valence-corrected chi connectivity index (χ3v) is 8.04. The van der Waals surface area contributed by atoms with Gasteiger partial charge in [-0.3, -0.25) is 9.48 Å². The Bertz CT molecular complexity index is 1560. The van der Waals surface area contributed by atoms with Crippen LogP contribution in [0.1, 0.15) is 56.9 Å². The molecule has 8 heteroatoms. The summed E-state index contributed by atoms with van der Waals surface area (Å²) in [5, 5.41) is 18.4. The minimum absolute atomic E-state index is 0.00363. The van der Waals surface area contributed by atoms with Crippen molar-refractivity contribution in [3.8, 4) is 0 Å². The molecule has 4 aliphatic rings. The van der Waals surface area contributed by atoms with Crippen LogP contribution in [-0.4, -0.2) is 51.3 Å². The van der Waals surface area contributed by atoms with Crippen molar-refractivity contribution in [1.82, 2.24) is 20.0 Å². The number of aromatic nitrogens is 2. The quantitative estimate of drug-likeness (QED) is 0.553. The molecule has 8 nitrogen and oxygen atoms in total. The minimum Gasteiger partial charge on any atom is -0.392 e. The number of fused-ring (bicyclic) bond motifs is 2. The van der Waals surface area contributed by atoms with Gasteiger partial charge in [-0.05, 0) is 60.1 Å². The molecule has 4 heterocycles. The van der Waals surface area contributed by atoms with Crippen molar-refractivity contribution in [1.29, 1.82) is 0 Å². The van der Waals surface area contributed by atoms with Crippen molar-refractivity contribution >= 4 is 23.0 Å². The van der Waals surface area contributed by atoms with Crippen LogP contribution >= 0.6 is 0 Å². The molecule has 1 saturated carbocycles. The van der Waals surface area contributed by atoms with Crippen LogP contribution in [0.15, 0.2) is 71.8 Å². The second kappa shape index (κ2) is 8.70. The average molecular weight is 507 g/mol. The number of nitrogens with one attached hydrogen (secondary N) is 1. The molecule has 192 valence electrons. The smallest absolute Gasteiger partial charge is 0.258 e. The number of carbonyl (C=O) groups excluding carboxylic acids is 1. The largest absolute Gasteiger partial charge is 0.392 e. The van der Waals surface area contributed by atoms with Gasteiger partial charge in [0.15, 0.2) is 6.17 Å². The molecule has 0 saturated heterocycles. The van der Waals surface area contributed by atoms with Crippen LogP contribution in [0, 0.1) is 0 Å². The van der Waals surface area contributed by atoms with E-state index in [4.69, 9.17) is 4.99 Å². The fourth-order valence-electron chi connectivity index (χ4n) is 5.86. The number of anilines is 1. The summed E-state index contributed by atoms with van der Waals surface area (Å²) in [7, 11) is 3.88. The number of benzene rings is 2. The molecule has 0 radical (unpaired) electrons. The van der Waals surface area contributed by atoms with E-state index in [1.165, 1.54) is 18.4 Å². The summed E-state index contributed by atoms with van der Waals surface area (Å²) in [6.07, 6.45) is 10.9. The number of likely N-dealkylation sites (N-methyl/N-ethyl adjacent to an activating group) is 1. The van der Waals surface area contributed by atoms with Gasteiger partial charge in [-0.2, -0.15) is 5.10 Å². The third kappa shape index (κ3) is 3.67. The van der Waals surface area contributed by atoms with Crippen LogP contribution in [0.25, 0.3) is 5.57 Å². The molecule has 1 unspecified atom stereocenters. The number of aryl methyl sites for hydroxylation is 1. The van der Waals surface area contributed by atoms with E-state index in [1.54, 1.807) is 10.9 Å². The zero-order chi connectivity index (χ0) is 26.0. The molecule has 1 fully saturated rings. The van der Waals surface area contributed by atoms with E-state index < -0.39 is 0 Å². The number of aliphatic imine (C=N–C) groups is 1. The first kappa shape index (κ1) is 23.0. The fraction of sp³-hybridized carbons (Fsp3) is 0.300. The van der Waals surface area contributed by atoms with Crippen molar-refractivity contribution in [2.45, 2.75) is 38.0 Å². The van der Waals surface area contributed by atoms with Crippen LogP contribution in [0.2, 0.25) is 0 Å². The van der Waals surface area contributed by atoms with E-state index in [2.05, 4.69) is 27.4 Å². The molecule has 1 aromatic heterocycles. The monoisotopic (exact) mass is 506 g/mol. The van der Waals surface area contributed by atoms with Gasteiger partial charge in [0.1, 0.15) is 5.84 Å². The summed E-state index contributed by atoms with van der Waals surface area (Å²) >= 11 is 0. The van der Waals surface area contributed by atoms with Gasteiger partial charge in [-0.1, -0.05) is 24.3 Å². The summed E-state index contributed by atoms with van der Waals surface area (Å²) in [6, 6.07) is 12.3. The lowest BCUT2D eigenvalue weighted by Gasteiger charge is -2.32. The number of nitrogens with zero attached hydrogens (tertiary/aromatic N) is 5. The Morgan fingerprint density at radius 3 is 2.76 bits per heavy atom. The molecule has 1 atom stereocenters. The van der Waals surface area contributed by atoms with E-state index >= 15 is 0 Å². The molecular weight excluding hydrogens is 476 g/mol. The van der Waals surface area contributed by atoms with E-state index in [1.807, 2.05) is 61.7 Å². The highest BCUT2D eigenvalue weighted by Gasteiger charge is 2.34. The summed E-state index contributed by atoms with van der Waals surface area (Å²) in [4.78, 5) is 22.5. The molecule has 3 aliphatic heterocycles. The molecule has 0 spiro atoms. The van der Waals surface area contributed by atoms with Gasteiger partial charge in [0, 0.05) is 49.7 Å². The number of amides is 1. The average Bonchev–Trinajstić information content (AvgIpc) is 3.54. The lowest BCUT2D eigenvalue weighted by Crippen LogP contribution is -2.38. The normalized spacial score (nSPS) is 20.4. The topological polar surface area (TPSA) is 86.0 Å². The Morgan fingerprint density at radius 1 is 1.13 bits per heavy atom. The van der Waals surface area contributed by atoms with E-state index in [-0.39, 0.29) is 18.7 Å². The Kier molecular flexibility index (Phi) is 5.26. The van der Waals surface area contributed by atoms with Crippen LogP contribution in [0.4, 0.5) is 5.69 Å². The second-order valence-electron chi connectivity index (χ2n) is 10.5. The van der Waals surface area contributed by atoms with Crippen LogP contribution in [-0.2, 0) is 20.1 Å². The first-order valence-electron chi connectivity index (χ1n) is 13.2. The maximum atomic E-state index is 13.7. The van der Waals surface area contributed by atoms with Gasteiger partial charge in [0.2, 0.25) is 0 Å². The molecule has 2 N–H and O–H groups in total. The van der Waals surface area contributed by atoms with Gasteiger partial charge in [-0.25, -0.2) is 4.99 Å². The third-order valence-electron chi connectivity index (χ3n) is 8.04. The molecule has 7 rings (SSSR count). The van der Waals surface area contributed by atoms with Crippen LogP contribution in [0.5, 0.6) is 0 Å². The van der Waals surface area contributed by atoms with Crippen molar-refractivity contribution < 1.29 is 9.90 Å². The highest BCUT2D eigenvalue weighted by atomic mass is 16.3. The number of amidine groups is 1. The molecular formula is C30H30N6O2. The number of aliphatic hydroxyl groups excluding tert-OH is 1. The lowest BCUT2D eigenvalue weighted by atomic mass is 9.91. The zero-order valence-electron chi connectivity index (χ0n) is 21.6. The van der Waals surface area contributed by atoms with Gasteiger partial charge < -0.3 is 20.2 Å². The number of rotatable bonds is 5. The molecule has 1 amide bonds. The molecule has 3 aromatic rings. The van der Waals surface area contributed by atoms with Gasteiger partial charge >= 0.3 is 0 Å². The predicted molar refractivity (Wildman–Crippen MR) is 147 cm³/mol. The van der Waals surface area contributed by atoms with Gasteiger partial charge in [-0.15, -0.1) is 0 Å². The molecule has 38 heavy (non-hydrogen) atoms. The second-order valence-corrected chi connectivity index (χ2v) is 10.5. The number of aliphatic hydroxyl groups is 1. The Hall–Kier alpha value is -4.17. The Balaban J connectivity index is 1.26. The van der Waals surface area contributed by atoms with Crippen molar-refractivity contribution in [2.75, 3.05) is 18.5 Å². The highest BCUT2D eigenvalue weighted by Crippen LogP contribution is 2.42. The SMILES string of the molecule is CN1C=CC(c2cccc(N3CCc4cc(C5CC5)ccc4C3=O)c2CO)=C2NC(c3cnn(C)c3)=NC21. The summed E-state index contributed by atoms with van der Waals surface area (Å²) in [5.41, 5.74) is 8.48. The Labute approximate surface area is 221 Å². The van der Waals surface area contributed by atoms with Crippen molar-refractivity contribution in [3.63, 3.8) is 0 Å². The summed E-state index contributed by atoms with van der Waals surface area (Å²) in [5.74, 6) is 1.43. The highest BCUT2D eigenvalue weighted by molar-refractivity contribution is 6.09. The summed E-state index contributed by atoms with van der Waals surface area (Å²) < 4.78 is 1.76. The van der Waals surface area contributed by atoms with Crippen molar-refractivity contribution in [2.24, 2.45) is 12.0 Å². The maximum absolute atomic E-state index is 13.7. The maximum Gasteiger partial charge on any atom is 0.258 e. The minimum atomic E-state index is -0.204. The van der Waals surface area contributed by atoms with Gasteiger partial charge in [0.05, 0.1) is 29.8 Å². The van der Waals surface area contributed by atoms with Gasteiger partial charge in [0.25, 0.3) is 5.91 Å². The first-order chi connectivity index (χ1) is 18.5. The summed E-state index contributed by atoms with van der Waals surface area (Å²) in [6.45, 7) is 0.417. The van der Waals surface area contributed by atoms with Crippen molar-refractivity contribution in [3.05, 3.63) is 100 Å². The molecule has 0 bridgehead atoms. The van der Waals surface area contributed by atoms with E-state index in [0.717, 1.165) is 57.0 Å². The fourth-order valence-corrected chi connectivity index (χ4v) is 5.86. The number of carbonyl (C=O) groups is 1. The first-order valence-corrected chi connectivity index (χ1v) is 13.2. The Morgan fingerprint density at radius 2 is 2.00 bits per heavy atom.